The molecule has 1 N–H and O–H groups in total. The van der Waals surface area contributed by atoms with Crippen molar-refractivity contribution in [1.29, 1.82) is 0 Å². The molecule has 1 aliphatic carbocycles. The van der Waals surface area contributed by atoms with Gasteiger partial charge >= 0.3 is 0 Å². The number of rotatable bonds is 1. The quantitative estimate of drug-likeness (QED) is 0.727. The summed E-state index contributed by atoms with van der Waals surface area (Å²) in [6, 6.07) is 0. The largest absolute Gasteiger partial charge is 0.385 e. The molecule has 1 aromatic rings. The van der Waals surface area contributed by atoms with E-state index >= 15 is 0 Å². The van der Waals surface area contributed by atoms with Crippen molar-refractivity contribution in [2.75, 3.05) is 0 Å². The Morgan fingerprint density at radius 1 is 1.14 bits per heavy atom. The lowest BCUT2D eigenvalue weighted by Crippen LogP contribution is -2.28. The zero-order valence-electron chi connectivity index (χ0n) is 7.91. The number of hydrogen-bond acceptors (Lipinski definition) is 3. The first kappa shape index (κ1) is 9.87. The first-order chi connectivity index (χ1) is 6.71. The molecule has 1 aromatic heterocycles. The summed E-state index contributed by atoms with van der Waals surface area (Å²) < 4.78 is 0. The van der Waals surface area contributed by atoms with Crippen LogP contribution in [0.2, 0.25) is 5.28 Å². The Kier molecular flexibility index (Phi) is 2.70. The van der Waals surface area contributed by atoms with Gasteiger partial charge in [0.2, 0.25) is 5.28 Å². The Morgan fingerprint density at radius 2 is 1.71 bits per heavy atom. The summed E-state index contributed by atoms with van der Waals surface area (Å²) in [4.78, 5) is 7.79. The van der Waals surface area contributed by atoms with E-state index in [0.717, 1.165) is 31.2 Å². The molecule has 1 aliphatic rings. The maximum Gasteiger partial charge on any atom is 0.222 e. The first-order valence-electron chi connectivity index (χ1n) is 4.91. The van der Waals surface area contributed by atoms with Crippen LogP contribution in [0.3, 0.4) is 0 Å². The van der Waals surface area contributed by atoms with Crippen molar-refractivity contribution >= 4 is 11.6 Å². The minimum atomic E-state index is -0.719. The van der Waals surface area contributed by atoms with E-state index in [1.807, 2.05) is 0 Å². The van der Waals surface area contributed by atoms with Gasteiger partial charge in [0, 0.05) is 18.0 Å². The second-order valence-electron chi connectivity index (χ2n) is 3.83. The fraction of sp³-hybridized carbons (Fsp3) is 0.600. The number of nitrogens with zero attached hydrogens (tertiary/aromatic N) is 2. The summed E-state index contributed by atoms with van der Waals surface area (Å²) in [5.41, 5.74) is 0.0737. The van der Waals surface area contributed by atoms with Crippen LogP contribution in [-0.2, 0) is 5.60 Å². The number of halogens is 1. The average molecular weight is 213 g/mol. The third kappa shape index (κ3) is 1.88. The van der Waals surface area contributed by atoms with E-state index < -0.39 is 5.60 Å². The standard InChI is InChI=1S/C10H13ClN2O/c11-9-12-6-8(7-13-9)10(14)4-2-1-3-5-10/h6-7,14H,1-5H2. The highest BCUT2D eigenvalue weighted by Gasteiger charge is 2.31. The van der Waals surface area contributed by atoms with Crippen LogP contribution in [0.4, 0.5) is 0 Å². The lowest BCUT2D eigenvalue weighted by atomic mass is 9.81. The van der Waals surface area contributed by atoms with E-state index in [4.69, 9.17) is 11.6 Å². The molecule has 1 saturated carbocycles. The van der Waals surface area contributed by atoms with Crippen molar-refractivity contribution in [2.45, 2.75) is 37.7 Å². The zero-order valence-corrected chi connectivity index (χ0v) is 8.67. The van der Waals surface area contributed by atoms with Gasteiger partial charge in [0.15, 0.2) is 0 Å². The minimum Gasteiger partial charge on any atom is -0.385 e. The average Bonchev–Trinajstić information content (AvgIpc) is 2.19. The van der Waals surface area contributed by atoms with Crippen molar-refractivity contribution in [3.05, 3.63) is 23.2 Å². The molecule has 1 heterocycles. The third-order valence-electron chi connectivity index (χ3n) is 2.84. The van der Waals surface area contributed by atoms with Crippen molar-refractivity contribution in [3.8, 4) is 0 Å². The Labute approximate surface area is 88.2 Å². The van der Waals surface area contributed by atoms with Crippen LogP contribution in [0.25, 0.3) is 0 Å². The highest BCUT2D eigenvalue weighted by Crippen LogP contribution is 2.36. The predicted octanol–water partition coefficient (Wildman–Crippen LogP) is 2.28. The lowest BCUT2D eigenvalue weighted by molar-refractivity contribution is -0.00124. The van der Waals surface area contributed by atoms with Gasteiger partial charge in [-0.3, -0.25) is 0 Å². The minimum absolute atomic E-state index is 0.230. The second kappa shape index (κ2) is 3.83. The summed E-state index contributed by atoms with van der Waals surface area (Å²) in [5.74, 6) is 0. The van der Waals surface area contributed by atoms with Crippen LogP contribution in [0, 0.1) is 0 Å². The van der Waals surface area contributed by atoms with Gasteiger partial charge in [-0.15, -0.1) is 0 Å². The van der Waals surface area contributed by atoms with Crippen molar-refractivity contribution < 1.29 is 5.11 Å². The Hall–Kier alpha value is -0.670. The smallest absolute Gasteiger partial charge is 0.222 e. The van der Waals surface area contributed by atoms with Gasteiger partial charge in [-0.05, 0) is 24.4 Å². The van der Waals surface area contributed by atoms with Crippen LogP contribution in [0.15, 0.2) is 12.4 Å². The van der Waals surface area contributed by atoms with Gasteiger partial charge < -0.3 is 5.11 Å². The molecule has 0 amide bonds. The molecule has 1 fully saturated rings. The highest BCUT2D eigenvalue weighted by atomic mass is 35.5. The maximum absolute atomic E-state index is 10.3. The fourth-order valence-corrected chi connectivity index (χ4v) is 2.08. The molecule has 0 atom stereocenters. The van der Waals surface area contributed by atoms with E-state index in [1.165, 1.54) is 6.42 Å². The van der Waals surface area contributed by atoms with E-state index in [0.29, 0.717) is 0 Å². The molecule has 0 saturated heterocycles. The summed E-state index contributed by atoms with van der Waals surface area (Å²) in [6.45, 7) is 0. The Bertz CT molecular complexity index is 306. The summed E-state index contributed by atoms with van der Waals surface area (Å²) >= 11 is 5.59. The van der Waals surface area contributed by atoms with E-state index in [1.54, 1.807) is 12.4 Å². The molecule has 14 heavy (non-hydrogen) atoms. The summed E-state index contributed by atoms with van der Waals surface area (Å²) in [7, 11) is 0. The Balaban J connectivity index is 2.23. The summed E-state index contributed by atoms with van der Waals surface area (Å²) in [6.07, 6.45) is 8.20. The molecule has 0 aliphatic heterocycles. The number of aliphatic hydroxyl groups is 1. The molecule has 2 rings (SSSR count). The molecule has 4 heteroatoms. The molecule has 0 spiro atoms. The van der Waals surface area contributed by atoms with Gasteiger partial charge in [-0.25, -0.2) is 9.97 Å². The monoisotopic (exact) mass is 212 g/mol. The van der Waals surface area contributed by atoms with Crippen LogP contribution in [0.5, 0.6) is 0 Å². The molecular formula is C10H13ClN2O. The van der Waals surface area contributed by atoms with Crippen LogP contribution in [0.1, 0.15) is 37.7 Å². The van der Waals surface area contributed by atoms with Crippen LogP contribution in [-0.4, -0.2) is 15.1 Å². The molecule has 0 aromatic carbocycles. The van der Waals surface area contributed by atoms with Gasteiger partial charge in [-0.2, -0.15) is 0 Å². The molecule has 76 valence electrons. The summed E-state index contributed by atoms with van der Waals surface area (Å²) in [5, 5.41) is 10.5. The molecule has 3 nitrogen and oxygen atoms in total. The third-order valence-corrected chi connectivity index (χ3v) is 3.03. The van der Waals surface area contributed by atoms with Gasteiger partial charge in [0.05, 0.1) is 5.60 Å². The van der Waals surface area contributed by atoms with Gasteiger partial charge in [-0.1, -0.05) is 19.3 Å². The number of aromatic nitrogens is 2. The van der Waals surface area contributed by atoms with Crippen LogP contribution < -0.4 is 0 Å². The molecule has 0 unspecified atom stereocenters. The lowest BCUT2D eigenvalue weighted by Gasteiger charge is -2.31. The zero-order chi connectivity index (χ0) is 10.0. The molecule has 0 radical (unpaired) electrons. The van der Waals surface area contributed by atoms with E-state index in [9.17, 15) is 5.11 Å². The predicted molar refractivity (Wildman–Crippen MR) is 54.0 cm³/mol. The van der Waals surface area contributed by atoms with Gasteiger partial charge in [0.1, 0.15) is 0 Å². The normalized spacial score (nSPS) is 20.7. The highest BCUT2D eigenvalue weighted by molar-refractivity contribution is 6.28. The van der Waals surface area contributed by atoms with Crippen molar-refractivity contribution in [3.63, 3.8) is 0 Å². The molecule has 0 bridgehead atoms. The first-order valence-corrected chi connectivity index (χ1v) is 5.29. The van der Waals surface area contributed by atoms with E-state index in [2.05, 4.69) is 9.97 Å². The second-order valence-corrected chi connectivity index (χ2v) is 4.17. The number of hydrogen-bond donors (Lipinski definition) is 1. The molecular weight excluding hydrogens is 200 g/mol. The van der Waals surface area contributed by atoms with Gasteiger partial charge in [0.25, 0.3) is 0 Å². The Morgan fingerprint density at radius 3 is 2.29 bits per heavy atom. The van der Waals surface area contributed by atoms with Crippen molar-refractivity contribution in [2.24, 2.45) is 0 Å². The van der Waals surface area contributed by atoms with Crippen LogP contribution >= 0.6 is 11.6 Å². The maximum atomic E-state index is 10.3. The van der Waals surface area contributed by atoms with E-state index in [-0.39, 0.29) is 5.28 Å². The SMILES string of the molecule is OC1(c2cnc(Cl)nc2)CCCCC1. The fourth-order valence-electron chi connectivity index (χ4n) is 1.98. The van der Waals surface area contributed by atoms with Crippen molar-refractivity contribution in [1.82, 2.24) is 9.97 Å². The topological polar surface area (TPSA) is 46.0 Å².